The highest BCUT2D eigenvalue weighted by atomic mass is 15.2. The Morgan fingerprint density at radius 1 is 1.43 bits per heavy atom. The van der Waals surface area contributed by atoms with Crippen molar-refractivity contribution in [3.63, 3.8) is 0 Å². The molecule has 0 saturated heterocycles. The van der Waals surface area contributed by atoms with Crippen molar-refractivity contribution in [1.82, 2.24) is 4.98 Å². The lowest BCUT2D eigenvalue weighted by Gasteiger charge is -2.25. The predicted octanol–water partition coefficient (Wildman–Crippen LogP) is 2.04. The number of anilines is 2. The van der Waals surface area contributed by atoms with Gasteiger partial charge in [-0.2, -0.15) is 0 Å². The summed E-state index contributed by atoms with van der Waals surface area (Å²) in [6.07, 6.45) is 7.03. The van der Waals surface area contributed by atoms with Gasteiger partial charge in [-0.3, -0.25) is 0 Å². The van der Waals surface area contributed by atoms with Crippen molar-refractivity contribution in [2.75, 3.05) is 17.7 Å². The summed E-state index contributed by atoms with van der Waals surface area (Å²) in [5.41, 5.74) is 6.52. The Morgan fingerprint density at radius 2 is 2.14 bits per heavy atom. The van der Waals surface area contributed by atoms with Crippen LogP contribution in [0.3, 0.4) is 0 Å². The van der Waals surface area contributed by atoms with Gasteiger partial charge in [0.15, 0.2) is 0 Å². The fraction of sp³-hybridized carbons (Fsp3) is 0.545. The van der Waals surface area contributed by atoms with E-state index in [1.54, 1.807) is 6.20 Å². The van der Waals surface area contributed by atoms with Crippen LogP contribution in [0.25, 0.3) is 0 Å². The highest BCUT2D eigenvalue weighted by Gasteiger charge is 2.20. The van der Waals surface area contributed by atoms with Crippen molar-refractivity contribution in [3.8, 4) is 0 Å². The van der Waals surface area contributed by atoms with Crippen LogP contribution in [0.1, 0.15) is 25.7 Å². The molecule has 0 aliphatic heterocycles. The Balaban J connectivity index is 2.13. The number of nitrogens with two attached hydrogens (primary N) is 1. The Morgan fingerprint density at radius 3 is 2.79 bits per heavy atom. The van der Waals surface area contributed by atoms with Crippen LogP contribution >= 0.6 is 0 Å². The molecule has 14 heavy (non-hydrogen) atoms. The molecule has 2 N–H and O–H groups in total. The molecule has 1 aromatic rings. The van der Waals surface area contributed by atoms with E-state index in [9.17, 15) is 0 Å². The fourth-order valence-corrected chi connectivity index (χ4v) is 2.11. The first-order chi connectivity index (χ1) is 6.77. The molecule has 0 amide bonds. The van der Waals surface area contributed by atoms with Crippen LogP contribution in [0.5, 0.6) is 0 Å². The topological polar surface area (TPSA) is 42.1 Å². The number of nitrogen functional groups attached to an aromatic ring is 1. The quantitative estimate of drug-likeness (QED) is 0.777. The minimum absolute atomic E-state index is 0.657. The normalized spacial score (nSPS) is 17.2. The van der Waals surface area contributed by atoms with Gasteiger partial charge in [0.05, 0.1) is 0 Å². The van der Waals surface area contributed by atoms with Crippen molar-refractivity contribution in [2.45, 2.75) is 31.7 Å². The van der Waals surface area contributed by atoms with Gasteiger partial charge < -0.3 is 10.6 Å². The molecule has 2 rings (SSSR count). The predicted molar refractivity (Wildman–Crippen MR) is 59.3 cm³/mol. The van der Waals surface area contributed by atoms with Crippen LogP contribution in [0.2, 0.25) is 0 Å². The van der Waals surface area contributed by atoms with Gasteiger partial charge in [-0.15, -0.1) is 0 Å². The summed E-state index contributed by atoms with van der Waals surface area (Å²) < 4.78 is 0. The first kappa shape index (κ1) is 9.31. The van der Waals surface area contributed by atoms with E-state index in [1.165, 1.54) is 25.7 Å². The highest BCUT2D eigenvalue weighted by molar-refractivity contribution is 5.50. The monoisotopic (exact) mass is 191 g/mol. The third kappa shape index (κ3) is 1.81. The molecule has 0 spiro atoms. The minimum Gasteiger partial charge on any atom is -0.399 e. The van der Waals surface area contributed by atoms with Crippen molar-refractivity contribution in [1.29, 1.82) is 0 Å². The first-order valence-corrected chi connectivity index (χ1v) is 5.22. The van der Waals surface area contributed by atoms with E-state index in [0.717, 1.165) is 11.5 Å². The molecule has 0 aromatic carbocycles. The maximum absolute atomic E-state index is 5.73. The standard InChI is InChI=1S/C11H17N3/c1-14(10-4-2-3-5-10)11-8-9(12)6-7-13-11/h6-8,10H,2-5H2,1H3,(H2,12,13). The molecule has 1 fully saturated rings. The molecule has 1 heterocycles. The van der Waals surface area contributed by atoms with Crippen LogP contribution in [-0.2, 0) is 0 Å². The van der Waals surface area contributed by atoms with Crippen molar-refractivity contribution < 1.29 is 0 Å². The third-order valence-electron chi connectivity index (χ3n) is 3.00. The zero-order chi connectivity index (χ0) is 9.97. The van der Waals surface area contributed by atoms with Gasteiger partial charge in [0.1, 0.15) is 5.82 Å². The van der Waals surface area contributed by atoms with E-state index in [-0.39, 0.29) is 0 Å². The van der Waals surface area contributed by atoms with Gasteiger partial charge in [0.2, 0.25) is 0 Å². The van der Waals surface area contributed by atoms with E-state index < -0.39 is 0 Å². The second-order valence-corrected chi connectivity index (χ2v) is 4.00. The smallest absolute Gasteiger partial charge is 0.130 e. The Hall–Kier alpha value is -1.25. The second kappa shape index (κ2) is 3.86. The molecular formula is C11H17N3. The van der Waals surface area contributed by atoms with E-state index in [0.29, 0.717) is 6.04 Å². The van der Waals surface area contributed by atoms with E-state index in [4.69, 9.17) is 5.73 Å². The number of rotatable bonds is 2. The molecular weight excluding hydrogens is 174 g/mol. The number of aromatic nitrogens is 1. The number of hydrogen-bond acceptors (Lipinski definition) is 3. The zero-order valence-electron chi connectivity index (χ0n) is 8.61. The van der Waals surface area contributed by atoms with E-state index >= 15 is 0 Å². The second-order valence-electron chi connectivity index (χ2n) is 4.00. The molecule has 3 heteroatoms. The Bertz CT molecular complexity index is 305. The van der Waals surface area contributed by atoms with E-state index in [2.05, 4.69) is 16.9 Å². The summed E-state index contributed by atoms with van der Waals surface area (Å²) in [5.74, 6) is 0.997. The lowest BCUT2D eigenvalue weighted by molar-refractivity contribution is 0.646. The number of hydrogen-bond donors (Lipinski definition) is 1. The molecule has 0 bridgehead atoms. The molecule has 0 atom stereocenters. The van der Waals surface area contributed by atoms with Crippen molar-refractivity contribution in [3.05, 3.63) is 18.3 Å². The maximum Gasteiger partial charge on any atom is 0.130 e. The van der Waals surface area contributed by atoms with Crippen LogP contribution in [-0.4, -0.2) is 18.1 Å². The molecule has 3 nitrogen and oxygen atoms in total. The van der Waals surface area contributed by atoms with Crippen LogP contribution in [0.15, 0.2) is 18.3 Å². The van der Waals surface area contributed by atoms with Crippen LogP contribution < -0.4 is 10.6 Å². The van der Waals surface area contributed by atoms with Crippen molar-refractivity contribution in [2.24, 2.45) is 0 Å². The molecule has 1 aliphatic rings. The molecule has 1 saturated carbocycles. The zero-order valence-corrected chi connectivity index (χ0v) is 8.61. The summed E-state index contributed by atoms with van der Waals surface area (Å²) in [4.78, 5) is 6.58. The minimum atomic E-state index is 0.657. The van der Waals surface area contributed by atoms with Gasteiger partial charge in [0.25, 0.3) is 0 Å². The van der Waals surface area contributed by atoms with Gasteiger partial charge in [0, 0.05) is 31.0 Å². The van der Waals surface area contributed by atoms with Crippen molar-refractivity contribution >= 4 is 11.5 Å². The average molecular weight is 191 g/mol. The Labute approximate surface area is 84.9 Å². The maximum atomic E-state index is 5.73. The number of nitrogens with zero attached hydrogens (tertiary/aromatic N) is 2. The average Bonchev–Trinajstić information content (AvgIpc) is 2.69. The summed E-state index contributed by atoms with van der Waals surface area (Å²) in [6.45, 7) is 0. The SMILES string of the molecule is CN(c1cc(N)ccn1)C1CCCC1. The highest BCUT2D eigenvalue weighted by Crippen LogP contribution is 2.26. The third-order valence-corrected chi connectivity index (χ3v) is 3.00. The molecule has 1 aromatic heterocycles. The molecule has 1 aliphatic carbocycles. The lowest BCUT2D eigenvalue weighted by atomic mass is 10.2. The Kier molecular flexibility index (Phi) is 2.57. The molecule has 0 radical (unpaired) electrons. The fourth-order valence-electron chi connectivity index (χ4n) is 2.11. The van der Waals surface area contributed by atoms with Gasteiger partial charge in [-0.05, 0) is 18.9 Å². The van der Waals surface area contributed by atoms with E-state index in [1.807, 2.05) is 12.1 Å². The van der Waals surface area contributed by atoms with Gasteiger partial charge in [-0.1, -0.05) is 12.8 Å². The largest absolute Gasteiger partial charge is 0.399 e. The summed E-state index contributed by atoms with van der Waals surface area (Å²) >= 11 is 0. The van der Waals surface area contributed by atoms with Crippen LogP contribution in [0, 0.1) is 0 Å². The van der Waals surface area contributed by atoms with Crippen LogP contribution in [0.4, 0.5) is 11.5 Å². The summed E-state index contributed by atoms with van der Waals surface area (Å²) in [6, 6.07) is 4.42. The van der Waals surface area contributed by atoms with Gasteiger partial charge >= 0.3 is 0 Å². The summed E-state index contributed by atoms with van der Waals surface area (Å²) in [5, 5.41) is 0. The van der Waals surface area contributed by atoms with Gasteiger partial charge in [-0.25, -0.2) is 4.98 Å². The molecule has 0 unspecified atom stereocenters. The molecule has 76 valence electrons. The summed E-state index contributed by atoms with van der Waals surface area (Å²) in [7, 11) is 2.11. The first-order valence-electron chi connectivity index (χ1n) is 5.22. The lowest BCUT2D eigenvalue weighted by Crippen LogP contribution is -2.29. The number of pyridine rings is 1.